The average Bonchev–Trinajstić information content (AvgIpc) is 2.33. The molecule has 0 radical (unpaired) electrons. The van der Waals surface area contributed by atoms with Gasteiger partial charge in [-0.25, -0.2) is 4.39 Å². The predicted molar refractivity (Wildman–Crippen MR) is 68.2 cm³/mol. The average molecular weight is 261 g/mol. The number of hydrogen-bond donors (Lipinski definition) is 2. The van der Waals surface area contributed by atoms with E-state index in [9.17, 15) is 9.50 Å². The van der Waals surface area contributed by atoms with Crippen LogP contribution in [-0.4, -0.2) is 36.2 Å². The molecular formula is C12H18ClFN2O. The van der Waals surface area contributed by atoms with Crippen LogP contribution in [0.2, 0.25) is 0 Å². The highest BCUT2D eigenvalue weighted by Gasteiger charge is 2.21. The van der Waals surface area contributed by atoms with E-state index in [4.69, 9.17) is 0 Å². The van der Waals surface area contributed by atoms with Crippen molar-refractivity contribution >= 4 is 12.4 Å². The molecule has 1 fully saturated rings. The fourth-order valence-corrected chi connectivity index (χ4v) is 2.14. The van der Waals surface area contributed by atoms with Gasteiger partial charge in [-0.2, -0.15) is 0 Å². The smallest absolute Gasteiger partial charge is 0.165 e. The summed E-state index contributed by atoms with van der Waals surface area (Å²) in [6, 6.07) is 4.76. The Bertz CT molecular complexity index is 370. The minimum atomic E-state index is -0.542. The Hall–Kier alpha value is -0.840. The zero-order chi connectivity index (χ0) is 11.5. The SMILES string of the molecule is C[C@@H](c1cccc(F)c1O)N1CCNCC1.Cl. The predicted octanol–water partition coefficient (Wildman–Crippen LogP) is 1.92. The molecule has 1 aliphatic rings. The van der Waals surface area contributed by atoms with Crippen LogP contribution in [0.3, 0.4) is 0 Å². The molecule has 0 unspecified atom stereocenters. The summed E-state index contributed by atoms with van der Waals surface area (Å²) in [6.45, 7) is 5.74. The van der Waals surface area contributed by atoms with Gasteiger partial charge in [-0.1, -0.05) is 12.1 Å². The molecule has 1 aliphatic heterocycles. The van der Waals surface area contributed by atoms with Gasteiger partial charge in [0.15, 0.2) is 11.6 Å². The molecule has 17 heavy (non-hydrogen) atoms. The number of piperazine rings is 1. The number of halogens is 2. The Labute approximate surface area is 107 Å². The van der Waals surface area contributed by atoms with Crippen molar-refractivity contribution in [3.63, 3.8) is 0 Å². The van der Waals surface area contributed by atoms with E-state index in [0.717, 1.165) is 26.2 Å². The summed E-state index contributed by atoms with van der Waals surface area (Å²) in [5, 5.41) is 13.0. The Morgan fingerprint density at radius 2 is 2.00 bits per heavy atom. The van der Waals surface area contributed by atoms with Crippen molar-refractivity contribution in [2.24, 2.45) is 0 Å². The van der Waals surface area contributed by atoms with E-state index in [1.54, 1.807) is 12.1 Å². The quantitative estimate of drug-likeness (QED) is 0.853. The normalized spacial score (nSPS) is 18.5. The maximum atomic E-state index is 13.2. The third kappa shape index (κ3) is 3.09. The van der Waals surface area contributed by atoms with E-state index < -0.39 is 5.82 Å². The lowest BCUT2D eigenvalue weighted by Crippen LogP contribution is -2.44. The molecule has 1 aromatic rings. The molecule has 0 bridgehead atoms. The molecule has 96 valence electrons. The molecule has 2 rings (SSSR count). The van der Waals surface area contributed by atoms with Crippen molar-refractivity contribution in [2.45, 2.75) is 13.0 Å². The van der Waals surface area contributed by atoms with Gasteiger partial charge in [-0.15, -0.1) is 12.4 Å². The number of rotatable bonds is 2. The Kier molecular flexibility index (Phi) is 5.18. The van der Waals surface area contributed by atoms with Gasteiger partial charge in [-0.05, 0) is 13.0 Å². The second kappa shape index (κ2) is 6.19. The van der Waals surface area contributed by atoms with Crippen molar-refractivity contribution in [1.82, 2.24) is 10.2 Å². The topological polar surface area (TPSA) is 35.5 Å². The standard InChI is InChI=1S/C12H17FN2O.ClH/c1-9(15-7-5-14-6-8-15)10-3-2-4-11(13)12(10)16;/h2-4,9,14,16H,5-8H2,1H3;1H/t9-;/m0./s1. The minimum Gasteiger partial charge on any atom is -0.505 e. The molecule has 1 heterocycles. The number of benzene rings is 1. The van der Waals surface area contributed by atoms with Crippen LogP contribution in [0.25, 0.3) is 0 Å². The summed E-state index contributed by atoms with van der Waals surface area (Å²) in [5.74, 6) is -0.756. The van der Waals surface area contributed by atoms with Crippen molar-refractivity contribution in [3.8, 4) is 5.75 Å². The van der Waals surface area contributed by atoms with E-state index in [1.165, 1.54) is 6.07 Å². The van der Waals surface area contributed by atoms with Crippen LogP contribution in [0, 0.1) is 5.82 Å². The lowest BCUT2D eigenvalue weighted by atomic mass is 10.0. The fraction of sp³-hybridized carbons (Fsp3) is 0.500. The molecule has 5 heteroatoms. The molecule has 3 nitrogen and oxygen atoms in total. The first-order valence-electron chi connectivity index (χ1n) is 5.62. The minimum absolute atomic E-state index is 0. The molecular weight excluding hydrogens is 243 g/mol. The van der Waals surface area contributed by atoms with Crippen LogP contribution in [0.15, 0.2) is 18.2 Å². The molecule has 1 atom stereocenters. The number of para-hydroxylation sites is 1. The highest BCUT2D eigenvalue weighted by Crippen LogP contribution is 2.30. The lowest BCUT2D eigenvalue weighted by Gasteiger charge is -2.33. The summed E-state index contributed by atoms with van der Waals surface area (Å²) in [7, 11) is 0. The molecule has 1 saturated heterocycles. The van der Waals surface area contributed by atoms with Crippen LogP contribution >= 0.6 is 12.4 Å². The maximum Gasteiger partial charge on any atom is 0.165 e. The molecule has 0 aromatic heterocycles. The molecule has 0 aliphatic carbocycles. The van der Waals surface area contributed by atoms with Gasteiger partial charge in [0, 0.05) is 37.8 Å². The number of hydrogen-bond acceptors (Lipinski definition) is 3. The third-order valence-electron chi connectivity index (χ3n) is 3.17. The third-order valence-corrected chi connectivity index (χ3v) is 3.17. The van der Waals surface area contributed by atoms with Gasteiger partial charge >= 0.3 is 0 Å². The highest BCUT2D eigenvalue weighted by molar-refractivity contribution is 5.85. The van der Waals surface area contributed by atoms with E-state index in [0.29, 0.717) is 5.56 Å². The van der Waals surface area contributed by atoms with Crippen LogP contribution in [0.5, 0.6) is 5.75 Å². The maximum absolute atomic E-state index is 13.2. The van der Waals surface area contributed by atoms with Gasteiger partial charge in [-0.3, -0.25) is 4.90 Å². The van der Waals surface area contributed by atoms with Crippen molar-refractivity contribution in [3.05, 3.63) is 29.6 Å². The van der Waals surface area contributed by atoms with Crippen molar-refractivity contribution in [2.75, 3.05) is 26.2 Å². The van der Waals surface area contributed by atoms with Crippen molar-refractivity contribution in [1.29, 1.82) is 0 Å². The fourth-order valence-electron chi connectivity index (χ4n) is 2.14. The first-order valence-corrected chi connectivity index (χ1v) is 5.62. The number of phenolic OH excluding ortho intramolecular Hbond substituents is 1. The van der Waals surface area contributed by atoms with Crippen LogP contribution in [0.4, 0.5) is 4.39 Å². The van der Waals surface area contributed by atoms with E-state index in [2.05, 4.69) is 10.2 Å². The van der Waals surface area contributed by atoms with Gasteiger partial charge in [0.2, 0.25) is 0 Å². The molecule has 0 saturated carbocycles. The number of nitrogens with one attached hydrogen (secondary N) is 1. The Morgan fingerprint density at radius 1 is 1.35 bits per heavy atom. The van der Waals surface area contributed by atoms with Gasteiger partial charge in [0.1, 0.15) is 0 Å². The summed E-state index contributed by atoms with van der Waals surface area (Å²) >= 11 is 0. The first-order chi connectivity index (χ1) is 7.70. The Balaban J connectivity index is 0.00000144. The summed E-state index contributed by atoms with van der Waals surface area (Å²) in [4.78, 5) is 2.24. The molecule has 2 N–H and O–H groups in total. The van der Waals surface area contributed by atoms with E-state index in [-0.39, 0.29) is 24.2 Å². The molecule has 0 spiro atoms. The van der Waals surface area contributed by atoms with Gasteiger partial charge in [0.05, 0.1) is 0 Å². The van der Waals surface area contributed by atoms with E-state index >= 15 is 0 Å². The Morgan fingerprint density at radius 3 is 2.65 bits per heavy atom. The monoisotopic (exact) mass is 260 g/mol. The van der Waals surface area contributed by atoms with Crippen LogP contribution in [-0.2, 0) is 0 Å². The van der Waals surface area contributed by atoms with Crippen LogP contribution in [0.1, 0.15) is 18.5 Å². The lowest BCUT2D eigenvalue weighted by molar-refractivity contribution is 0.182. The first kappa shape index (κ1) is 14.2. The van der Waals surface area contributed by atoms with Gasteiger partial charge < -0.3 is 10.4 Å². The second-order valence-electron chi connectivity index (χ2n) is 4.14. The summed E-state index contributed by atoms with van der Waals surface area (Å²) < 4.78 is 13.2. The largest absolute Gasteiger partial charge is 0.505 e. The molecule has 0 amide bonds. The number of phenols is 1. The zero-order valence-corrected chi connectivity index (χ0v) is 10.6. The second-order valence-corrected chi connectivity index (χ2v) is 4.14. The molecule has 1 aromatic carbocycles. The zero-order valence-electron chi connectivity index (χ0n) is 9.82. The summed E-state index contributed by atoms with van der Waals surface area (Å²) in [6.07, 6.45) is 0. The summed E-state index contributed by atoms with van der Waals surface area (Å²) in [5.41, 5.74) is 0.668. The van der Waals surface area contributed by atoms with Crippen molar-refractivity contribution < 1.29 is 9.50 Å². The van der Waals surface area contributed by atoms with Crippen LogP contribution < -0.4 is 5.32 Å². The van der Waals surface area contributed by atoms with Gasteiger partial charge in [0.25, 0.3) is 0 Å². The number of aromatic hydroxyl groups is 1. The van der Waals surface area contributed by atoms with E-state index in [1.807, 2.05) is 6.92 Å². The number of nitrogens with zero attached hydrogens (tertiary/aromatic N) is 1. The highest BCUT2D eigenvalue weighted by atomic mass is 35.5.